The van der Waals surface area contributed by atoms with E-state index in [0.717, 1.165) is 25.1 Å². The van der Waals surface area contributed by atoms with Crippen molar-refractivity contribution in [3.8, 4) is 0 Å². The molecule has 0 spiro atoms. The van der Waals surface area contributed by atoms with Gasteiger partial charge >= 0.3 is 5.97 Å². The molecule has 4 atom stereocenters. The Kier molecular flexibility index (Phi) is 5.07. The van der Waals surface area contributed by atoms with E-state index in [9.17, 15) is 15.0 Å². The molecule has 0 aromatic heterocycles. The summed E-state index contributed by atoms with van der Waals surface area (Å²) < 4.78 is 5.34. The Balaban J connectivity index is 1.97. The Morgan fingerprint density at radius 3 is 2.90 bits per heavy atom. The maximum Gasteiger partial charge on any atom is 0.341 e. The van der Waals surface area contributed by atoms with Crippen molar-refractivity contribution in [3.05, 3.63) is 11.6 Å². The summed E-state index contributed by atoms with van der Waals surface area (Å²) in [7, 11) is 0. The van der Waals surface area contributed by atoms with Crippen molar-refractivity contribution in [2.75, 3.05) is 19.7 Å². The predicted molar refractivity (Wildman–Crippen MR) is 79.7 cm³/mol. The molecule has 0 aromatic rings. The van der Waals surface area contributed by atoms with Crippen LogP contribution in [-0.2, 0) is 9.53 Å². The van der Waals surface area contributed by atoms with Gasteiger partial charge in [-0.15, -0.1) is 0 Å². The van der Waals surface area contributed by atoms with Crippen molar-refractivity contribution in [1.29, 1.82) is 0 Å². The number of carbonyl (C=O) groups excluding carboxylic acids is 1. The van der Waals surface area contributed by atoms with Crippen LogP contribution in [-0.4, -0.2) is 58.5 Å². The predicted octanol–water partition coefficient (Wildman–Crippen LogP) is 1.09. The van der Waals surface area contributed by atoms with Crippen LogP contribution in [0.4, 0.5) is 0 Å². The zero-order chi connectivity index (χ0) is 15.6. The highest BCUT2D eigenvalue weighted by Crippen LogP contribution is 2.30. The third kappa shape index (κ3) is 3.00. The van der Waals surface area contributed by atoms with E-state index in [-0.39, 0.29) is 12.5 Å². The van der Waals surface area contributed by atoms with Gasteiger partial charge in [0.05, 0.1) is 6.10 Å². The molecule has 5 heteroatoms. The number of aliphatic hydroxyl groups is 2. The molecule has 120 valence electrons. The lowest BCUT2D eigenvalue weighted by atomic mass is 9.82. The highest BCUT2D eigenvalue weighted by Gasteiger charge is 2.47. The molecular weight excluding hydrogens is 270 g/mol. The lowest BCUT2D eigenvalue weighted by Crippen LogP contribution is -2.54. The second-order valence-corrected chi connectivity index (χ2v) is 6.32. The van der Waals surface area contributed by atoms with Crippen LogP contribution < -0.4 is 0 Å². The Bertz CT molecular complexity index is 421. The van der Waals surface area contributed by atoms with E-state index < -0.39 is 17.7 Å². The smallest absolute Gasteiger partial charge is 0.341 e. The molecule has 0 aliphatic carbocycles. The van der Waals surface area contributed by atoms with Gasteiger partial charge in [0.25, 0.3) is 0 Å². The molecule has 0 bridgehead atoms. The van der Waals surface area contributed by atoms with Gasteiger partial charge in [0.15, 0.2) is 5.60 Å². The van der Waals surface area contributed by atoms with Gasteiger partial charge < -0.3 is 14.9 Å². The number of rotatable bonds is 6. The number of ether oxygens (including phenoxy) is 1. The van der Waals surface area contributed by atoms with Gasteiger partial charge in [-0.2, -0.15) is 0 Å². The second kappa shape index (κ2) is 6.46. The first-order valence-corrected chi connectivity index (χ1v) is 7.91. The minimum Gasteiger partial charge on any atom is -0.459 e. The van der Waals surface area contributed by atoms with Crippen molar-refractivity contribution < 1.29 is 19.7 Å². The van der Waals surface area contributed by atoms with Gasteiger partial charge in [-0.05, 0) is 37.8 Å². The molecule has 2 rings (SSSR count). The minimum atomic E-state index is -1.83. The summed E-state index contributed by atoms with van der Waals surface area (Å²) >= 11 is 0. The lowest BCUT2D eigenvalue weighted by molar-refractivity contribution is -0.185. The number of aliphatic hydroxyl groups excluding tert-OH is 1. The highest BCUT2D eigenvalue weighted by atomic mass is 16.6. The van der Waals surface area contributed by atoms with Gasteiger partial charge in [-0.3, -0.25) is 4.90 Å². The average molecular weight is 297 g/mol. The molecule has 0 saturated carbocycles. The molecule has 1 fully saturated rings. The maximum atomic E-state index is 12.3. The van der Waals surface area contributed by atoms with Crippen molar-refractivity contribution in [2.45, 2.75) is 57.8 Å². The zero-order valence-corrected chi connectivity index (χ0v) is 13.2. The molecule has 21 heavy (non-hydrogen) atoms. The summed E-state index contributed by atoms with van der Waals surface area (Å²) in [6.45, 7) is 7.29. The van der Waals surface area contributed by atoms with Crippen molar-refractivity contribution >= 4 is 5.97 Å². The first kappa shape index (κ1) is 16.5. The highest BCUT2D eigenvalue weighted by molar-refractivity contribution is 5.80. The molecule has 2 heterocycles. The van der Waals surface area contributed by atoms with E-state index in [2.05, 4.69) is 11.0 Å². The van der Waals surface area contributed by atoms with Crippen LogP contribution in [0.3, 0.4) is 0 Å². The SMILES string of the molecule is CC[C@H](C)[C@](O)(C(=O)OCC1=CCN2CCC[C@H]12)[C@@H](C)O. The largest absolute Gasteiger partial charge is 0.459 e. The first-order chi connectivity index (χ1) is 9.91. The molecule has 0 aromatic carbocycles. The van der Waals surface area contributed by atoms with Crippen molar-refractivity contribution in [2.24, 2.45) is 5.92 Å². The Morgan fingerprint density at radius 1 is 1.57 bits per heavy atom. The standard InChI is InChI=1S/C16H27NO4/c1-4-11(2)16(20,12(3)18)15(19)21-10-13-7-9-17-8-5-6-14(13)17/h7,11-12,14,18,20H,4-6,8-10H2,1-3H3/t11-,12+,14+,16+/m0/s1. The fourth-order valence-electron chi connectivity index (χ4n) is 3.35. The molecule has 2 aliphatic rings. The maximum absolute atomic E-state index is 12.3. The normalized spacial score (nSPS) is 27.7. The molecule has 2 N–H and O–H groups in total. The summed E-state index contributed by atoms with van der Waals surface area (Å²) in [6.07, 6.45) is 3.84. The number of hydrogen-bond donors (Lipinski definition) is 2. The topological polar surface area (TPSA) is 70.0 Å². The van der Waals surface area contributed by atoms with Crippen LogP contribution in [0, 0.1) is 5.92 Å². The quantitative estimate of drug-likeness (QED) is 0.567. The summed E-state index contributed by atoms with van der Waals surface area (Å²) in [5.74, 6) is -1.07. The first-order valence-electron chi connectivity index (χ1n) is 7.91. The number of esters is 1. The van der Waals surface area contributed by atoms with E-state index in [4.69, 9.17) is 4.74 Å². The zero-order valence-electron chi connectivity index (χ0n) is 13.2. The summed E-state index contributed by atoms with van der Waals surface area (Å²) in [5.41, 5.74) is -0.707. The van der Waals surface area contributed by atoms with Gasteiger partial charge in [-0.25, -0.2) is 4.79 Å². The van der Waals surface area contributed by atoms with E-state index in [1.165, 1.54) is 13.3 Å². The number of fused-ring (bicyclic) bond motifs is 1. The molecule has 0 unspecified atom stereocenters. The second-order valence-electron chi connectivity index (χ2n) is 6.32. The summed E-state index contributed by atoms with van der Waals surface area (Å²) in [6, 6.07) is 0.390. The van der Waals surface area contributed by atoms with Crippen LogP contribution in [0.2, 0.25) is 0 Å². The van der Waals surface area contributed by atoms with Crippen LogP contribution in [0.5, 0.6) is 0 Å². The molecule has 0 radical (unpaired) electrons. The van der Waals surface area contributed by atoms with Gasteiger partial charge in [-0.1, -0.05) is 26.3 Å². The Labute approximate surface area is 126 Å². The van der Waals surface area contributed by atoms with Crippen LogP contribution in [0.15, 0.2) is 11.6 Å². The lowest BCUT2D eigenvalue weighted by Gasteiger charge is -2.34. The van der Waals surface area contributed by atoms with E-state index in [1.54, 1.807) is 6.92 Å². The summed E-state index contributed by atoms with van der Waals surface area (Å²) in [5, 5.41) is 20.3. The molecule has 2 aliphatic heterocycles. The number of carbonyl (C=O) groups is 1. The Hall–Kier alpha value is -0.910. The van der Waals surface area contributed by atoms with E-state index in [1.807, 2.05) is 6.92 Å². The van der Waals surface area contributed by atoms with E-state index >= 15 is 0 Å². The van der Waals surface area contributed by atoms with Crippen LogP contribution in [0.25, 0.3) is 0 Å². The third-order valence-electron chi connectivity index (χ3n) is 5.08. The van der Waals surface area contributed by atoms with Gasteiger partial charge in [0, 0.05) is 12.6 Å². The molecule has 0 amide bonds. The average Bonchev–Trinajstić information content (AvgIpc) is 3.06. The Morgan fingerprint density at radius 2 is 2.29 bits per heavy atom. The minimum absolute atomic E-state index is 0.214. The van der Waals surface area contributed by atoms with Gasteiger partial charge in [0.2, 0.25) is 0 Å². The fourth-order valence-corrected chi connectivity index (χ4v) is 3.35. The van der Waals surface area contributed by atoms with Crippen LogP contribution >= 0.6 is 0 Å². The third-order valence-corrected chi connectivity index (χ3v) is 5.08. The molecule has 1 saturated heterocycles. The number of hydrogen-bond acceptors (Lipinski definition) is 5. The molecular formula is C16H27NO4. The fraction of sp³-hybridized carbons (Fsp3) is 0.812. The van der Waals surface area contributed by atoms with E-state index in [0.29, 0.717) is 12.5 Å². The van der Waals surface area contributed by atoms with Gasteiger partial charge in [0.1, 0.15) is 6.61 Å². The van der Waals surface area contributed by atoms with Crippen molar-refractivity contribution in [3.63, 3.8) is 0 Å². The van der Waals surface area contributed by atoms with Crippen LogP contribution in [0.1, 0.15) is 40.0 Å². The number of nitrogens with zero attached hydrogens (tertiary/aromatic N) is 1. The molecule has 5 nitrogen and oxygen atoms in total. The van der Waals surface area contributed by atoms with Crippen molar-refractivity contribution in [1.82, 2.24) is 4.90 Å². The monoisotopic (exact) mass is 297 g/mol. The summed E-state index contributed by atoms with van der Waals surface area (Å²) in [4.78, 5) is 14.7.